The summed E-state index contributed by atoms with van der Waals surface area (Å²) in [5.41, 5.74) is 8.47. The van der Waals surface area contributed by atoms with Crippen LogP contribution >= 0.6 is 11.6 Å². The number of hydrogen-bond donors (Lipinski definition) is 1. The minimum atomic E-state index is -0.740. The maximum absolute atomic E-state index is 13.4. The molecule has 0 aliphatic carbocycles. The van der Waals surface area contributed by atoms with Crippen LogP contribution in [0.4, 0.5) is 0 Å². The third-order valence-electron chi connectivity index (χ3n) is 6.46. The van der Waals surface area contributed by atoms with Crippen LogP contribution in [0.1, 0.15) is 17.0 Å². The summed E-state index contributed by atoms with van der Waals surface area (Å²) < 4.78 is 18.5. The Balaban J connectivity index is 1.69. The summed E-state index contributed by atoms with van der Waals surface area (Å²) in [5.74, 6) is 0.0366. The van der Waals surface area contributed by atoms with Gasteiger partial charge in [0.25, 0.3) is 0 Å². The number of allylic oxidation sites excluding steroid dienone is 1. The second-order valence-corrected chi connectivity index (χ2v) is 9.02. The van der Waals surface area contributed by atoms with Crippen molar-refractivity contribution in [3.05, 3.63) is 117 Å². The van der Waals surface area contributed by atoms with Crippen LogP contribution in [0.2, 0.25) is 5.02 Å². The van der Waals surface area contributed by atoms with Crippen molar-refractivity contribution in [1.82, 2.24) is 9.78 Å². The summed E-state index contributed by atoms with van der Waals surface area (Å²) in [7, 11) is 1.54. The van der Waals surface area contributed by atoms with Crippen LogP contribution < -0.4 is 20.8 Å². The minimum absolute atomic E-state index is 0.0637. The zero-order valence-corrected chi connectivity index (χ0v) is 20.8. The van der Waals surface area contributed by atoms with Crippen LogP contribution in [0.25, 0.3) is 27.9 Å². The third-order valence-corrected chi connectivity index (χ3v) is 6.81. The maximum Gasteiger partial charge on any atom is 0.345 e. The molecule has 1 aliphatic rings. The molecule has 0 bridgehead atoms. The van der Waals surface area contributed by atoms with E-state index in [1.165, 1.54) is 7.11 Å². The van der Waals surface area contributed by atoms with Gasteiger partial charge in [0.05, 0.1) is 29.8 Å². The number of hydrogen-bond acceptors (Lipinski definition) is 7. The van der Waals surface area contributed by atoms with Crippen molar-refractivity contribution in [3.8, 4) is 34.6 Å². The van der Waals surface area contributed by atoms with Gasteiger partial charge in [-0.3, -0.25) is 0 Å². The molecule has 8 nitrogen and oxygen atoms in total. The minimum Gasteiger partial charge on any atom is -0.497 e. The average Bonchev–Trinajstić information content (AvgIpc) is 3.31. The third kappa shape index (κ3) is 3.69. The number of halogens is 1. The van der Waals surface area contributed by atoms with Gasteiger partial charge in [-0.15, -0.1) is 0 Å². The second kappa shape index (κ2) is 9.14. The summed E-state index contributed by atoms with van der Waals surface area (Å²) in [6, 6.07) is 25.5. The van der Waals surface area contributed by atoms with Gasteiger partial charge in [0.2, 0.25) is 11.8 Å². The van der Waals surface area contributed by atoms with E-state index in [4.69, 9.17) is 36.3 Å². The highest BCUT2D eigenvalue weighted by Gasteiger charge is 2.39. The van der Waals surface area contributed by atoms with E-state index in [2.05, 4.69) is 6.07 Å². The predicted octanol–water partition coefficient (Wildman–Crippen LogP) is 5.53. The molecule has 0 saturated carbocycles. The van der Waals surface area contributed by atoms with Gasteiger partial charge in [-0.2, -0.15) is 15.0 Å². The number of nitrogens with zero attached hydrogens (tertiary/aromatic N) is 3. The topological polar surface area (TPSA) is 116 Å². The molecule has 2 aromatic heterocycles. The number of ether oxygens (including phenoxy) is 2. The van der Waals surface area contributed by atoms with E-state index in [-0.39, 0.29) is 22.9 Å². The van der Waals surface area contributed by atoms with Crippen LogP contribution in [-0.2, 0) is 0 Å². The lowest BCUT2D eigenvalue weighted by Gasteiger charge is -2.25. The molecule has 1 atom stereocenters. The molecule has 2 N–H and O–H groups in total. The molecule has 0 radical (unpaired) electrons. The number of methoxy groups -OCH3 is 1. The maximum atomic E-state index is 13.4. The molecule has 38 heavy (non-hydrogen) atoms. The number of benzene rings is 3. The molecule has 0 amide bonds. The molecule has 186 valence electrons. The zero-order chi connectivity index (χ0) is 26.4. The summed E-state index contributed by atoms with van der Waals surface area (Å²) in [4.78, 5) is 13.4. The fraction of sp³-hybridized carbons (Fsp3) is 0.0690. The number of nitrogens with two attached hydrogens (primary N) is 1. The van der Waals surface area contributed by atoms with E-state index < -0.39 is 11.5 Å². The normalized spacial score (nSPS) is 14.6. The quantitative estimate of drug-likeness (QED) is 0.308. The van der Waals surface area contributed by atoms with E-state index >= 15 is 0 Å². The summed E-state index contributed by atoms with van der Waals surface area (Å²) >= 11 is 6.62. The lowest BCUT2D eigenvalue weighted by atomic mass is 9.83. The highest BCUT2D eigenvalue weighted by molar-refractivity contribution is 6.31. The van der Waals surface area contributed by atoms with E-state index in [1.807, 2.05) is 42.5 Å². The molecule has 1 unspecified atom stereocenters. The van der Waals surface area contributed by atoms with Gasteiger partial charge in [-0.05, 0) is 42.0 Å². The smallest absolute Gasteiger partial charge is 0.345 e. The van der Waals surface area contributed by atoms with Crippen molar-refractivity contribution in [1.29, 1.82) is 5.26 Å². The number of aromatic nitrogens is 2. The van der Waals surface area contributed by atoms with Gasteiger partial charge in [0, 0.05) is 16.5 Å². The van der Waals surface area contributed by atoms with Crippen molar-refractivity contribution in [3.63, 3.8) is 0 Å². The summed E-state index contributed by atoms with van der Waals surface area (Å²) in [6.07, 6.45) is 0. The fourth-order valence-corrected chi connectivity index (χ4v) is 4.93. The predicted molar refractivity (Wildman–Crippen MR) is 142 cm³/mol. The van der Waals surface area contributed by atoms with Crippen LogP contribution in [0.5, 0.6) is 11.6 Å². The lowest BCUT2D eigenvalue weighted by molar-refractivity contribution is 0.367. The molecule has 5 aromatic rings. The van der Waals surface area contributed by atoms with E-state index in [1.54, 1.807) is 41.1 Å². The van der Waals surface area contributed by atoms with Crippen molar-refractivity contribution in [2.45, 2.75) is 5.92 Å². The van der Waals surface area contributed by atoms with Crippen LogP contribution in [0.3, 0.4) is 0 Å². The number of nitriles is 1. The van der Waals surface area contributed by atoms with Crippen molar-refractivity contribution in [2.75, 3.05) is 7.11 Å². The first-order valence-electron chi connectivity index (χ1n) is 11.6. The second-order valence-electron chi connectivity index (χ2n) is 8.61. The first-order valence-corrected chi connectivity index (χ1v) is 12.0. The van der Waals surface area contributed by atoms with Gasteiger partial charge in [-0.25, -0.2) is 4.79 Å². The number of para-hydroxylation sites is 1. The average molecular weight is 523 g/mol. The van der Waals surface area contributed by atoms with Crippen molar-refractivity contribution in [2.24, 2.45) is 5.73 Å². The van der Waals surface area contributed by atoms with Crippen LogP contribution in [0, 0.1) is 11.3 Å². The van der Waals surface area contributed by atoms with Gasteiger partial charge in [-0.1, -0.05) is 48.0 Å². The van der Waals surface area contributed by atoms with Crippen LogP contribution in [0.15, 0.2) is 99.5 Å². The highest BCUT2D eigenvalue weighted by Crippen LogP contribution is 2.48. The molecule has 3 heterocycles. The Bertz CT molecular complexity index is 1850. The van der Waals surface area contributed by atoms with E-state index in [9.17, 15) is 10.1 Å². The van der Waals surface area contributed by atoms with Crippen molar-refractivity contribution < 1.29 is 13.9 Å². The molecule has 6 rings (SSSR count). The van der Waals surface area contributed by atoms with Crippen molar-refractivity contribution >= 4 is 22.6 Å². The zero-order valence-electron chi connectivity index (χ0n) is 20.0. The molecular weight excluding hydrogens is 504 g/mol. The Labute approximate surface area is 221 Å². The summed E-state index contributed by atoms with van der Waals surface area (Å²) in [6.45, 7) is 0. The summed E-state index contributed by atoms with van der Waals surface area (Å²) in [5, 5.41) is 16.0. The lowest BCUT2D eigenvalue weighted by Crippen LogP contribution is -2.22. The fourth-order valence-electron chi connectivity index (χ4n) is 4.69. The number of rotatable bonds is 4. The molecule has 0 spiro atoms. The molecule has 0 fully saturated rings. The molecule has 9 heteroatoms. The van der Waals surface area contributed by atoms with Gasteiger partial charge >= 0.3 is 5.63 Å². The standard InChI is InChI=1S/C29H19ClN4O4/c1-36-18-12-11-16-13-20(29(35)37-23(16)14-18)26-25-24(19-9-5-6-10-22(19)30)21(15-31)27(32)38-28(25)34(33-26)17-7-3-2-4-8-17/h2-14,24H,32H2,1H3. The Morgan fingerprint density at radius 3 is 2.58 bits per heavy atom. The Hall–Kier alpha value is -5.00. The SMILES string of the molecule is COc1ccc2cc(-c3nn(-c4ccccc4)c4c3C(c3ccccc3Cl)C(C#N)=C(N)O4)c(=O)oc2c1. The van der Waals surface area contributed by atoms with E-state index in [0.29, 0.717) is 44.2 Å². The van der Waals surface area contributed by atoms with Gasteiger partial charge in [0.1, 0.15) is 28.7 Å². The number of fused-ring (bicyclic) bond motifs is 2. The molecular formula is C29H19ClN4O4. The highest BCUT2D eigenvalue weighted by atomic mass is 35.5. The monoisotopic (exact) mass is 522 g/mol. The first kappa shape index (κ1) is 23.4. The molecule has 3 aromatic carbocycles. The van der Waals surface area contributed by atoms with Gasteiger partial charge in [0.15, 0.2) is 0 Å². The molecule has 0 saturated heterocycles. The Morgan fingerprint density at radius 1 is 1.08 bits per heavy atom. The largest absolute Gasteiger partial charge is 0.497 e. The Morgan fingerprint density at radius 2 is 1.84 bits per heavy atom. The van der Waals surface area contributed by atoms with Gasteiger partial charge < -0.3 is 19.6 Å². The van der Waals surface area contributed by atoms with E-state index in [0.717, 1.165) is 0 Å². The Kier molecular flexibility index (Phi) is 5.63. The van der Waals surface area contributed by atoms with Crippen LogP contribution in [-0.4, -0.2) is 16.9 Å². The molecule has 1 aliphatic heterocycles. The first-order chi connectivity index (χ1) is 18.5.